The highest BCUT2D eigenvalue weighted by molar-refractivity contribution is 5.94. The maximum atomic E-state index is 12.5. The van der Waals surface area contributed by atoms with Crippen molar-refractivity contribution in [1.82, 2.24) is 10.2 Å². The zero-order chi connectivity index (χ0) is 17.6. The van der Waals surface area contributed by atoms with E-state index in [2.05, 4.69) is 22.3 Å². The largest absolute Gasteiger partial charge is 0.497 e. The van der Waals surface area contributed by atoms with Crippen molar-refractivity contribution in [3.8, 4) is 5.75 Å². The maximum absolute atomic E-state index is 12.5. The molecular weight excluding hydrogens is 312 g/mol. The summed E-state index contributed by atoms with van der Waals surface area (Å²) in [6.45, 7) is 5.33. The van der Waals surface area contributed by atoms with Crippen LogP contribution in [0.3, 0.4) is 0 Å². The quantitative estimate of drug-likeness (QED) is 0.871. The van der Waals surface area contributed by atoms with Gasteiger partial charge in [-0.15, -0.1) is 0 Å². The van der Waals surface area contributed by atoms with Crippen LogP contribution in [0.25, 0.3) is 0 Å². The summed E-state index contributed by atoms with van der Waals surface area (Å²) in [6, 6.07) is 15.7. The fourth-order valence-corrected chi connectivity index (χ4v) is 3.22. The lowest BCUT2D eigenvalue weighted by atomic mass is 10.1. The summed E-state index contributed by atoms with van der Waals surface area (Å²) in [5, 5.41) is 3.05. The first-order chi connectivity index (χ1) is 12.2. The van der Waals surface area contributed by atoms with Crippen LogP contribution in [0, 0.1) is 0 Å². The van der Waals surface area contributed by atoms with Crippen LogP contribution < -0.4 is 10.1 Å². The number of hydrogen-bond acceptors (Lipinski definition) is 3. The second kappa shape index (κ2) is 8.17. The molecule has 1 atom stereocenters. The fraction of sp³-hybridized carbons (Fsp3) is 0.381. The van der Waals surface area contributed by atoms with Crippen molar-refractivity contribution in [2.45, 2.75) is 32.4 Å². The molecular formula is C21H26N2O2. The molecule has 0 radical (unpaired) electrons. The van der Waals surface area contributed by atoms with Gasteiger partial charge in [-0.25, -0.2) is 0 Å². The van der Waals surface area contributed by atoms with Crippen molar-refractivity contribution in [3.63, 3.8) is 0 Å². The lowest BCUT2D eigenvalue weighted by molar-refractivity contribution is 0.0940. The normalized spacial score (nSPS) is 15.8. The Balaban J connectivity index is 1.58. The zero-order valence-corrected chi connectivity index (χ0v) is 15.0. The molecule has 0 spiro atoms. The highest BCUT2D eigenvalue weighted by Crippen LogP contribution is 2.18. The molecule has 132 valence electrons. The van der Waals surface area contributed by atoms with Crippen LogP contribution in [0.4, 0.5) is 0 Å². The van der Waals surface area contributed by atoms with Gasteiger partial charge in [0.15, 0.2) is 0 Å². The number of nitrogens with one attached hydrogen (secondary N) is 1. The number of amides is 1. The van der Waals surface area contributed by atoms with Gasteiger partial charge in [-0.3, -0.25) is 9.69 Å². The van der Waals surface area contributed by atoms with E-state index in [1.165, 1.54) is 31.5 Å². The van der Waals surface area contributed by atoms with Gasteiger partial charge >= 0.3 is 0 Å². The minimum absolute atomic E-state index is 0.0453. The molecule has 3 rings (SSSR count). The van der Waals surface area contributed by atoms with E-state index in [9.17, 15) is 4.79 Å². The number of carbonyl (C=O) groups excluding carboxylic acids is 1. The summed E-state index contributed by atoms with van der Waals surface area (Å²) in [5.74, 6) is 0.770. The van der Waals surface area contributed by atoms with Gasteiger partial charge in [-0.2, -0.15) is 0 Å². The summed E-state index contributed by atoms with van der Waals surface area (Å²) in [4.78, 5) is 14.9. The van der Waals surface area contributed by atoms with Gasteiger partial charge in [0.25, 0.3) is 5.91 Å². The molecule has 1 aliphatic rings. The Morgan fingerprint density at radius 3 is 2.32 bits per heavy atom. The molecule has 1 amide bonds. The van der Waals surface area contributed by atoms with Gasteiger partial charge in [0.2, 0.25) is 0 Å². The third-order valence-corrected chi connectivity index (χ3v) is 4.78. The standard InChI is InChI=1S/C21H26N2O2/c1-16(18-9-11-20(25-2)12-10-18)22-21(24)19-7-5-17(6-8-19)15-23-13-3-4-14-23/h5-12,16H,3-4,13-15H2,1-2H3,(H,22,24)/t16-/m0/s1. The molecule has 0 aliphatic carbocycles. The minimum atomic E-state index is -0.0531. The monoisotopic (exact) mass is 338 g/mol. The van der Waals surface area contributed by atoms with Crippen LogP contribution in [0.5, 0.6) is 5.75 Å². The van der Waals surface area contributed by atoms with Crippen molar-refractivity contribution in [1.29, 1.82) is 0 Å². The van der Waals surface area contributed by atoms with Crippen LogP contribution in [-0.2, 0) is 6.54 Å². The second-order valence-electron chi connectivity index (χ2n) is 6.65. The first kappa shape index (κ1) is 17.5. The third-order valence-electron chi connectivity index (χ3n) is 4.78. The number of ether oxygens (including phenoxy) is 1. The van der Waals surface area contributed by atoms with Crippen LogP contribution in [0.2, 0.25) is 0 Å². The number of carbonyl (C=O) groups is 1. The summed E-state index contributed by atoms with van der Waals surface area (Å²) < 4.78 is 5.17. The summed E-state index contributed by atoms with van der Waals surface area (Å²) in [7, 11) is 1.65. The lowest BCUT2D eigenvalue weighted by Gasteiger charge is -2.16. The van der Waals surface area contributed by atoms with E-state index in [0.29, 0.717) is 5.56 Å². The van der Waals surface area contributed by atoms with Crippen molar-refractivity contribution in [2.75, 3.05) is 20.2 Å². The predicted molar refractivity (Wildman–Crippen MR) is 99.8 cm³/mol. The Bertz CT molecular complexity index is 689. The van der Waals surface area contributed by atoms with E-state index in [1.54, 1.807) is 7.11 Å². The first-order valence-electron chi connectivity index (χ1n) is 8.92. The Morgan fingerprint density at radius 1 is 1.08 bits per heavy atom. The van der Waals surface area contributed by atoms with Crippen LogP contribution in [0.15, 0.2) is 48.5 Å². The van der Waals surface area contributed by atoms with Gasteiger partial charge in [0, 0.05) is 12.1 Å². The summed E-state index contributed by atoms with van der Waals surface area (Å²) in [6.07, 6.45) is 2.59. The number of rotatable bonds is 6. The number of hydrogen-bond donors (Lipinski definition) is 1. The van der Waals surface area contributed by atoms with Crippen molar-refractivity contribution < 1.29 is 9.53 Å². The predicted octanol–water partition coefficient (Wildman–Crippen LogP) is 3.78. The van der Waals surface area contributed by atoms with E-state index in [-0.39, 0.29) is 11.9 Å². The molecule has 4 heteroatoms. The van der Waals surface area contributed by atoms with Gasteiger partial charge in [0.05, 0.1) is 13.2 Å². The number of nitrogens with zero attached hydrogens (tertiary/aromatic N) is 1. The average Bonchev–Trinajstić information content (AvgIpc) is 3.15. The van der Waals surface area contributed by atoms with Crippen LogP contribution in [0.1, 0.15) is 47.3 Å². The molecule has 4 nitrogen and oxygen atoms in total. The highest BCUT2D eigenvalue weighted by atomic mass is 16.5. The molecule has 2 aromatic rings. The fourth-order valence-electron chi connectivity index (χ4n) is 3.22. The molecule has 1 N–H and O–H groups in total. The van der Waals surface area contributed by atoms with Crippen molar-refractivity contribution in [2.24, 2.45) is 0 Å². The van der Waals surface area contributed by atoms with Gasteiger partial charge < -0.3 is 10.1 Å². The van der Waals surface area contributed by atoms with E-state index in [1.807, 2.05) is 43.3 Å². The molecule has 25 heavy (non-hydrogen) atoms. The van der Waals surface area contributed by atoms with Crippen molar-refractivity contribution >= 4 is 5.91 Å². The topological polar surface area (TPSA) is 41.6 Å². The molecule has 1 heterocycles. The Labute approximate surface area is 149 Å². The zero-order valence-electron chi connectivity index (χ0n) is 15.0. The molecule has 1 saturated heterocycles. The van der Waals surface area contributed by atoms with E-state index in [4.69, 9.17) is 4.74 Å². The highest BCUT2D eigenvalue weighted by Gasteiger charge is 2.14. The number of methoxy groups -OCH3 is 1. The summed E-state index contributed by atoms with van der Waals surface area (Å²) >= 11 is 0. The minimum Gasteiger partial charge on any atom is -0.497 e. The second-order valence-corrected chi connectivity index (χ2v) is 6.65. The summed E-state index contributed by atoms with van der Waals surface area (Å²) in [5.41, 5.74) is 3.02. The Hall–Kier alpha value is -2.33. The molecule has 1 fully saturated rings. The van der Waals surface area contributed by atoms with Gasteiger partial charge in [-0.05, 0) is 68.2 Å². The maximum Gasteiger partial charge on any atom is 0.251 e. The Kier molecular flexibility index (Phi) is 5.71. The molecule has 0 bridgehead atoms. The van der Waals surface area contributed by atoms with Gasteiger partial charge in [0.1, 0.15) is 5.75 Å². The third kappa shape index (κ3) is 4.60. The SMILES string of the molecule is COc1ccc([C@H](C)NC(=O)c2ccc(CN3CCCC3)cc2)cc1. The van der Waals surface area contributed by atoms with Crippen LogP contribution >= 0.6 is 0 Å². The number of likely N-dealkylation sites (tertiary alicyclic amines) is 1. The number of benzene rings is 2. The van der Waals surface area contributed by atoms with Crippen molar-refractivity contribution in [3.05, 3.63) is 65.2 Å². The molecule has 1 aliphatic heterocycles. The van der Waals surface area contributed by atoms with Crippen LogP contribution in [-0.4, -0.2) is 31.0 Å². The van der Waals surface area contributed by atoms with E-state index >= 15 is 0 Å². The lowest BCUT2D eigenvalue weighted by Crippen LogP contribution is -2.26. The smallest absolute Gasteiger partial charge is 0.251 e. The molecule has 0 unspecified atom stereocenters. The first-order valence-corrected chi connectivity index (χ1v) is 8.92. The average molecular weight is 338 g/mol. The molecule has 2 aromatic carbocycles. The Morgan fingerprint density at radius 2 is 1.72 bits per heavy atom. The molecule has 0 saturated carbocycles. The van der Waals surface area contributed by atoms with Gasteiger partial charge in [-0.1, -0.05) is 24.3 Å². The van der Waals surface area contributed by atoms with E-state index in [0.717, 1.165) is 17.9 Å². The molecule has 0 aromatic heterocycles. The van der Waals surface area contributed by atoms with E-state index < -0.39 is 0 Å².